The minimum atomic E-state index is 0.681. The monoisotopic (exact) mass is 287 g/mol. The highest BCUT2D eigenvalue weighted by atomic mass is 15.3. The molecule has 2 fully saturated rings. The second-order valence-electron chi connectivity index (χ2n) is 7.12. The molecule has 1 aromatic rings. The molecule has 1 aromatic carbocycles. The highest BCUT2D eigenvalue weighted by Crippen LogP contribution is 2.25. The Morgan fingerprint density at radius 3 is 2.52 bits per heavy atom. The van der Waals surface area contributed by atoms with Crippen molar-refractivity contribution in [2.45, 2.75) is 44.9 Å². The van der Waals surface area contributed by atoms with Crippen molar-refractivity contribution in [2.75, 3.05) is 33.7 Å². The molecule has 3 heteroatoms. The summed E-state index contributed by atoms with van der Waals surface area (Å²) in [7, 11) is 4.24. The van der Waals surface area contributed by atoms with Crippen molar-refractivity contribution in [3.63, 3.8) is 0 Å². The third-order valence-electron chi connectivity index (χ3n) is 4.97. The van der Waals surface area contributed by atoms with Crippen molar-refractivity contribution in [2.24, 2.45) is 0 Å². The zero-order valence-corrected chi connectivity index (χ0v) is 13.8. The smallest absolute Gasteiger partial charge is 0.0237 e. The van der Waals surface area contributed by atoms with Gasteiger partial charge in [0.1, 0.15) is 0 Å². The zero-order chi connectivity index (χ0) is 14.8. The van der Waals surface area contributed by atoms with Crippen LogP contribution in [0.4, 0.5) is 0 Å². The van der Waals surface area contributed by atoms with Crippen LogP contribution in [0.25, 0.3) is 0 Å². The largest absolute Gasteiger partial charge is 0.305 e. The molecular weight excluding hydrogens is 258 g/mol. The van der Waals surface area contributed by atoms with E-state index >= 15 is 0 Å². The van der Waals surface area contributed by atoms with Gasteiger partial charge in [0.25, 0.3) is 0 Å². The summed E-state index contributed by atoms with van der Waals surface area (Å²) in [5.41, 5.74) is 2.85. The lowest BCUT2D eigenvalue weighted by Crippen LogP contribution is -2.54. The normalized spacial score (nSPS) is 27.2. The van der Waals surface area contributed by atoms with Crippen LogP contribution < -0.4 is 0 Å². The van der Waals surface area contributed by atoms with Crippen molar-refractivity contribution >= 4 is 0 Å². The molecule has 2 aliphatic heterocycles. The Morgan fingerprint density at radius 1 is 1.10 bits per heavy atom. The van der Waals surface area contributed by atoms with E-state index in [1.54, 1.807) is 0 Å². The number of fused-ring (bicyclic) bond motifs is 1. The summed E-state index contributed by atoms with van der Waals surface area (Å²) < 4.78 is 0. The van der Waals surface area contributed by atoms with E-state index < -0.39 is 0 Å². The molecule has 2 saturated heterocycles. The third kappa shape index (κ3) is 3.65. The Kier molecular flexibility index (Phi) is 4.63. The quantitative estimate of drug-likeness (QED) is 0.842. The van der Waals surface area contributed by atoms with Crippen LogP contribution >= 0.6 is 0 Å². The predicted molar refractivity (Wildman–Crippen MR) is 88.3 cm³/mol. The summed E-state index contributed by atoms with van der Waals surface area (Å²) in [5, 5.41) is 0. The summed E-state index contributed by atoms with van der Waals surface area (Å²) in [6, 6.07) is 10.7. The van der Waals surface area contributed by atoms with Gasteiger partial charge in [-0.2, -0.15) is 0 Å². The van der Waals surface area contributed by atoms with Crippen LogP contribution in [0.2, 0.25) is 0 Å². The first-order valence-electron chi connectivity index (χ1n) is 8.32. The maximum atomic E-state index is 2.70. The Bertz CT molecular complexity index is 454. The van der Waals surface area contributed by atoms with Crippen molar-refractivity contribution in [1.82, 2.24) is 14.7 Å². The summed E-state index contributed by atoms with van der Waals surface area (Å²) in [5.74, 6) is 0. The first-order valence-corrected chi connectivity index (χ1v) is 8.32. The number of piperazine rings is 1. The molecule has 0 saturated carbocycles. The molecule has 1 unspecified atom stereocenters. The molecule has 116 valence electrons. The summed E-state index contributed by atoms with van der Waals surface area (Å²) in [4.78, 5) is 7.59. The average Bonchev–Trinajstić information content (AvgIpc) is 2.88. The Hall–Kier alpha value is -0.900. The van der Waals surface area contributed by atoms with Gasteiger partial charge in [-0.25, -0.2) is 0 Å². The number of benzene rings is 1. The standard InChI is InChI=1S/C18H29N3/c1-15-11-20-10-4-5-18(20)14-21(15)13-17-8-6-16(7-9-17)12-19(2)3/h6-9,15,18H,4-5,10-14H2,1-3H3/t15-,18?/m1/s1. The first-order chi connectivity index (χ1) is 10.1. The third-order valence-corrected chi connectivity index (χ3v) is 4.97. The minimum absolute atomic E-state index is 0.681. The molecular formula is C18H29N3. The lowest BCUT2D eigenvalue weighted by molar-refractivity contribution is 0.0540. The van der Waals surface area contributed by atoms with E-state index in [0.29, 0.717) is 6.04 Å². The zero-order valence-electron chi connectivity index (χ0n) is 13.8. The van der Waals surface area contributed by atoms with E-state index in [1.807, 2.05) is 0 Å². The van der Waals surface area contributed by atoms with Gasteiger partial charge in [0.2, 0.25) is 0 Å². The van der Waals surface area contributed by atoms with Crippen molar-refractivity contribution in [3.05, 3.63) is 35.4 Å². The molecule has 0 radical (unpaired) electrons. The van der Waals surface area contributed by atoms with Gasteiger partial charge >= 0.3 is 0 Å². The van der Waals surface area contributed by atoms with Crippen LogP contribution in [0.1, 0.15) is 30.9 Å². The number of nitrogens with zero attached hydrogens (tertiary/aromatic N) is 3. The van der Waals surface area contributed by atoms with E-state index in [9.17, 15) is 0 Å². The van der Waals surface area contributed by atoms with Gasteiger partial charge in [-0.05, 0) is 51.5 Å². The molecule has 0 aliphatic carbocycles. The maximum Gasteiger partial charge on any atom is 0.0237 e. The number of rotatable bonds is 4. The summed E-state index contributed by atoms with van der Waals surface area (Å²) in [6.07, 6.45) is 2.79. The van der Waals surface area contributed by atoms with E-state index in [2.05, 4.69) is 60.0 Å². The second-order valence-corrected chi connectivity index (χ2v) is 7.12. The lowest BCUT2D eigenvalue weighted by atomic mass is 10.1. The van der Waals surface area contributed by atoms with Crippen LogP contribution in [-0.2, 0) is 13.1 Å². The number of hydrogen-bond acceptors (Lipinski definition) is 3. The van der Waals surface area contributed by atoms with Gasteiger partial charge in [0.05, 0.1) is 0 Å². The molecule has 0 bridgehead atoms. The van der Waals surface area contributed by atoms with E-state index in [-0.39, 0.29) is 0 Å². The van der Waals surface area contributed by atoms with Crippen LogP contribution in [0.3, 0.4) is 0 Å². The Labute approximate surface area is 129 Å². The highest BCUT2D eigenvalue weighted by molar-refractivity contribution is 5.22. The molecule has 3 nitrogen and oxygen atoms in total. The van der Waals surface area contributed by atoms with Crippen molar-refractivity contribution in [1.29, 1.82) is 0 Å². The van der Waals surface area contributed by atoms with Gasteiger partial charge in [0, 0.05) is 38.3 Å². The fourth-order valence-corrected chi connectivity index (χ4v) is 3.82. The fraction of sp³-hybridized carbons (Fsp3) is 0.667. The van der Waals surface area contributed by atoms with Crippen LogP contribution in [-0.4, -0.2) is 60.5 Å². The second kappa shape index (κ2) is 6.47. The van der Waals surface area contributed by atoms with E-state index in [1.165, 1.54) is 43.6 Å². The van der Waals surface area contributed by atoms with E-state index in [0.717, 1.165) is 19.1 Å². The van der Waals surface area contributed by atoms with Gasteiger partial charge in [-0.3, -0.25) is 9.80 Å². The first kappa shape index (κ1) is 15.0. The maximum absolute atomic E-state index is 2.70. The molecule has 2 atom stereocenters. The molecule has 0 N–H and O–H groups in total. The van der Waals surface area contributed by atoms with Crippen molar-refractivity contribution < 1.29 is 0 Å². The lowest BCUT2D eigenvalue weighted by Gasteiger charge is -2.42. The molecule has 0 aromatic heterocycles. The minimum Gasteiger partial charge on any atom is -0.305 e. The SMILES string of the molecule is C[C@@H]1CN2CCCC2CN1Cc1ccc(CN(C)C)cc1. The highest BCUT2D eigenvalue weighted by Gasteiger charge is 2.34. The Morgan fingerprint density at radius 2 is 1.81 bits per heavy atom. The van der Waals surface area contributed by atoms with E-state index in [4.69, 9.17) is 0 Å². The average molecular weight is 287 g/mol. The molecule has 2 aliphatic rings. The van der Waals surface area contributed by atoms with Gasteiger partial charge in [-0.15, -0.1) is 0 Å². The van der Waals surface area contributed by atoms with Crippen LogP contribution in [0, 0.1) is 0 Å². The van der Waals surface area contributed by atoms with Crippen molar-refractivity contribution in [3.8, 4) is 0 Å². The van der Waals surface area contributed by atoms with Crippen LogP contribution in [0.15, 0.2) is 24.3 Å². The van der Waals surface area contributed by atoms with Gasteiger partial charge in [0.15, 0.2) is 0 Å². The summed E-state index contributed by atoms with van der Waals surface area (Å²) >= 11 is 0. The molecule has 2 heterocycles. The molecule has 0 spiro atoms. The topological polar surface area (TPSA) is 9.72 Å². The molecule has 3 rings (SSSR count). The molecule has 0 amide bonds. The predicted octanol–water partition coefficient (Wildman–Crippen LogP) is 2.42. The van der Waals surface area contributed by atoms with Gasteiger partial charge < -0.3 is 4.90 Å². The number of hydrogen-bond donors (Lipinski definition) is 0. The Balaban J connectivity index is 1.60. The molecule has 21 heavy (non-hydrogen) atoms. The fourth-order valence-electron chi connectivity index (χ4n) is 3.82. The van der Waals surface area contributed by atoms with Crippen LogP contribution in [0.5, 0.6) is 0 Å². The summed E-state index contributed by atoms with van der Waals surface area (Å²) in [6.45, 7) is 8.34. The van der Waals surface area contributed by atoms with Gasteiger partial charge in [-0.1, -0.05) is 24.3 Å².